The molecule has 21 heavy (non-hydrogen) atoms. The zero-order valence-corrected chi connectivity index (χ0v) is 12.6. The first-order valence-corrected chi connectivity index (χ1v) is 7.39. The van der Waals surface area contributed by atoms with Crippen LogP contribution in [-0.2, 0) is 6.54 Å². The molecule has 0 radical (unpaired) electrons. The van der Waals surface area contributed by atoms with E-state index in [0.29, 0.717) is 18.5 Å². The average molecular weight is 304 g/mol. The van der Waals surface area contributed by atoms with Gasteiger partial charge in [-0.3, -0.25) is 4.99 Å². The second kappa shape index (κ2) is 6.22. The molecule has 0 amide bonds. The predicted molar refractivity (Wildman–Crippen MR) is 84.6 cm³/mol. The Morgan fingerprint density at radius 2 is 2.14 bits per heavy atom. The summed E-state index contributed by atoms with van der Waals surface area (Å²) >= 11 is 5.92. The van der Waals surface area contributed by atoms with Crippen molar-refractivity contribution in [2.45, 2.75) is 24.9 Å². The van der Waals surface area contributed by atoms with E-state index in [9.17, 15) is 0 Å². The number of guanidine groups is 1. The van der Waals surface area contributed by atoms with E-state index in [-0.39, 0.29) is 0 Å². The summed E-state index contributed by atoms with van der Waals surface area (Å²) in [6, 6.07) is 12.3. The molecule has 0 bridgehead atoms. The van der Waals surface area contributed by atoms with E-state index in [1.165, 1.54) is 5.56 Å². The Kier molecular flexibility index (Phi) is 4.15. The van der Waals surface area contributed by atoms with Crippen molar-refractivity contribution in [3.05, 3.63) is 59.0 Å². The molecule has 3 rings (SSSR count). The molecule has 2 atom stereocenters. The van der Waals surface area contributed by atoms with Crippen LogP contribution in [0.3, 0.4) is 0 Å². The van der Waals surface area contributed by atoms with Crippen molar-refractivity contribution >= 4 is 17.6 Å². The molecule has 1 aromatic carbocycles. The molecule has 1 aliphatic carbocycles. The van der Waals surface area contributed by atoms with E-state index >= 15 is 0 Å². The highest BCUT2D eigenvalue weighted by molar-refractivity contribution is 6.30. The second-order valence-electron chi connectivity index (χ2n) is 5.15. The van der Waals surface area contributed by atoms with E-state index < -0.39 is 0 Å². The van der Waals surface area contributed by atoms with E-state index in [2.05, 4.69) is 27.8 Å². The van der Waals surface area contributed by atoms with Gasteiger partial charge in [-0.1, -0.05) is 23.7 Å². The van der Waals surface area contributed by atoms with Gasteiger partial charge in [0.1, 0.15) is 5.76 Å². The van der Waals surface area contributed by atoms with Crippen LogP contribution in [0.1, 0.15) is 23.7 Å². The average Bonchev–Trinajstić information content (AvgIpc) is 3.06. The van der Waals surface area contributed by atoms with Gasteiger partial charge in [0.2, 0.25) is 0 Å². The van der Waals surface area contributed by atoms with E-state index in [4.69, 9.17) is 16.0 Å². The molecular formula is C16H18ClN3O. The highest BCUT2D eigenvalue weighted by Gasteiger charge is 2.38. The maximum absolute atomic E-state index is 5.92. The Bertz CT molecular complexity index is 607. The van der Waals surface area contributed by atoms with Gasteiger partial charge in [-0.2, -0.15) is 0 Å². The van der Waals surface area contributed by atoms with Gasteiger partial charge in [0.25, 0.3) is 0 Å². The minimum absolute atomic E-state index is 0.425. The van der Waals surface area contributed by atoms with E-state index in [1.54, 1.807) is 13.3 Å². The topological polar surface area (TPSA) is 49.6 Å². The van der Waals surface area contributed by atoms with Gasteiger partial charge in [-0.25, -0.2) is 0 Å². The molecule has 1 aromatic heterocycles. The zero-order chi connectivity index (χ0) is 14.7. The maximum atomic E-state index is 5.92. The number of hydrogen-bond acceptors (Lipinski definition) is 2. The lowest BCUT2D eigenvalue weighted by molar-refractivity contribution is 0.501. The van der Waals surface area contributed by atoms with Crippen LogP contribution in [0.2, 0.25) is 5.02 Å². The molecular weight excluding hydrogens is 286 g/mol. The molecule has 0 spiro atoms. The van der Waals surface area contributed by atoms with Crippen molar-refractivity contribution in [3.63, 3.8) is 0 Å². The summed E-state index contributed by atoms with van der Waals surface area (Å²) in [7, 11) is 1.77. The Morgan fingerprint density at radius 3 is 2.81 bits per heavy atom. The summed E-state index contributed by atoms with van der Waals surface area (Å²) in [5, 5.41) is 7.46. The Morgan fingerprint density at radius 1 is 1.33 bits per heavy atom. The molecule has 5 heteroatoms. The summed E-state index contributed by atoms with van der Waals surface area (Å²) in [6.07, 6.45) is 2.79. The third-order valence-corrected chi connectivity index (χ3v) is 3.90. The molecule has 0 aliphatic heterocycles. The van der Waals surface area contributed by atoms with Crippen molar-refractivity contribution in [1.82, 2.24) is 10.6 Å². The maximum Gasteiger partial charge on any atom is 0.191 e. The molecule has 1 saturated carbocycles. The van der Waals surface area contributed by atoms with Gasteiger partial charge in [0.05, 0.1) is 12.8 Å². The smallest absolute Gasteiger partial charge is 0.191 e. The van der Waals surface area contributed by atoms with Gasteiger partial charge in [0.15, 0.2) is 5.96 Å². The van der Waals surface area contributed by atoms with Gasteiger partial charge in [-0.05, 0) is 36.2 Å². The fourth-order valence-corrected chi connectivity index (χ4v) is 2.51. The van der Waals surface area contributed by atoms with Crippen LogP contribution in [0.5, 0.6) is 0 Å². The normalized spacial score (nSPS) is 21.1. The molecule has 1 aliphatic rings. The first kappa shape index (κ1) is 14.0. The quantitative estimate of drug-likeness (QED) is 0.674. The highest BCUT2D eigenvalue weighted by atomic mass is 35.5. The Hall–Kier alpha value is -1.94. The Labute approximate surface area is 129 Å². The minimum Gasteiger partial charge on any atom is -0.467 e. The molecule has 110 valence electrons. The zero-order valence-electron chi connectivity index (χ0n) is 11.8. The fourth-order valence-electron chi connectivity index (χ4n) is 2.39. The molecule has 1 heterocycles. The third kappa shape index (κ3) is 3.58. The molecule has 2 aromatic rings. The number of furan rings is 1. The molecule has 2 N–H and O–H groups in total. The summed E-state index contributed by atoms with van der Waals surface area (Å²) in [5.41, 5.74) is 1.32. The number of halogens is 1. The lowest BCUT2D eigenvalue weighted by Gasteiger charge is -2.10. The number of aliphatic imine (C=N–C) groups is 1. The van der Waals surface area contributed by atoms with E-state index in [1.807, 2.05) is 24.3 Å². The van der Waals surface area contributed by atoms with Crippen LogP contribution in [-0.4, -0.2) is 19.0 Å². The van der Waals surface area contributed by atoms with Crippen molar-refractivity contribution in [2.75, 3.05) is 7.05 Å². The number of nitrogens with one attached hydrogen (secondary N) is 2. The lowest BCUT2D eigenvalue weighted by atomic mass is 10.1. The van der Waals surface area contributed by atoms with Crippen molar-refractivity contribution in [1.29, 1.82) is 0 Å². The fraction of sp³-hybridized carbons (Fsp3) is 0.312. The first-order valence-electron chi connectivity index (χ1n) is 7.01. The lowest BCUT2D eigenvalue weighted by Crippen LogP contribution is -2.38. The summed E-state index contributed by atoms with van der Waals surface area (Å²) in [5.74, 6) is 2.22. The van der Waals surface area contributed by atoms with Crippen LogP contribution in [0.15, 0.2) is 52.1 Å². The van der Waals surface area contributed by atoms with Crippen molar-refractivity contribution in [2.24, 2.45) is 4.99 Å². The van der Waals surface area contributed by atoms with Crippen molar-refractivity contribution < 1.29 is 4.42 Å². The number of hydrogen-bond donors (Lipinski definition) is 2. The highest BCUT2D eigenvalue weighted by Crippen LogP contribution is 2.40. The van der Waals surface area contributed by atoms with Crippen molar-refractivity contribution in [3.8, 4) is 0 Å². The minimum atomic E-state index is 0.425. The molecule has 0 unspecified atom stereocenters. The number of rotatable bonds is 4. The largest absolute Gasteiger partial charge is 0.467 e. The molecule has 0 saturated heterocycles. The third-order valence-electron chi connectivity index (χ3n) is 3.64. The predicted octanol–water partition coefficient (Wildman–Crippen LogP) is 3.15. The molecule has 1 fully saturated rings. The number of benzene rings is 1. The van der Waals surface area contributed by atoms with Gasteiger partial charge in [-0.15, -0.1) is 0 Å². The first-order chi connectivity index (χ1) is 10.3. The van der Waals surface area contributed by atoms with Gasteiger partial charge in [0, 0.05) is 24.0 Å². The van der Waals surface area contributed by atoms with Crippen LogP contribution in [0.4, 0.5) is 0 Å². The van der Waals surface area contributed by atoms with Crippen LogP contribution >= 0.6 is 11.6 Å². The molecule has 4 nitrogen and oxygen atoms in total. The van der Waals surface area contributed by atoms with E-state index in [0.717, 1.165) is 23.2 Å². The SMILES string of the molecule is CN=C(NCc1ccco1)N[C@@H]1C[C@H]1c1ccc(Cl)cc1. The van der Waals surface area contributed by atoms with Crippen LogP contribution in [0, 0.1) is 0 Å². The van der Waals surface area contributed by atoms with Crippen LogP contribution < -0.4 is 10.6 Å². The van der Waals surface area contributed by atoms with Gasteiger partial charge < -0.3 is 15.1 Å². The summed E-state index contributed by atoms with van der Waals surface area (Å²) in [4.78, 5) is 4.24. The second-order valence-corrected chi connectivity index (χ2v) is 5.59. The summed E-state index contributed by atoms with van der Waals surface area (Å²) < 4.78 is 5.29. The Balaban J connectivity index is 1.51. The van der Waals surface area contributed by atoms with Gasteiger partial charge >= 0.3 is 0 Å². The number of nitrogens with zero attached hydrogens (tertiary/aromatic N) is 1. The van der Waals surface area contributed by atoms with Crippen LogP contribution in [0.25, 0.3) is 0 Å². The summed E-state index contributed by atoms with van der Waals surface area (Å²) in [6.45, 7) is 0.630. The monoisotopic (exact) mass is 303 g/mol. The standard InChI is InChI=1S/C16H18ClN3O/c1-18-16(19-10-13-3-2-8-21-13)20-15-9-14(15)11-4-6-12(17)7-5-11/h2-8,14-15H,9-10H2,1H3,(H2,18,19,20)/t14-,15+/m0/s1.